The molecule has 1 aromatic rings. The second kappa shape index (κ2) is 11.6. The number of methoxy groups -OCH3 is 2. The molecule has 0 atom stereocenters. The van der Waals surface area contributed by atoms with E-state index in [0.717, 1.165) is 32.1 Å². The molecule has 168 valence electrons. The summed E-state index contributed by atoms with van der Waals surface area (Å²) >= 11 is 6.15. The van der Waals surface area contributed by atoms with Gasteiger partial charge in [-0.3, -0.25) is 0 Å². The van der Waals surface area contributed by atoms with E-state index in [1.807, 2.05) is 0 Å². The monoisotopic (exact) mass is 438 g/mol. The van der Waals surface area contributed by atoms with Crippen LogP contribution in [0.2, 0.25) is 5.02 Å². The van der Waals surface area contributed by atoms with Crippen LogP contribution in [0, 0.1) is 0 Å². The molecule has 2 saturated heterocycles. The highest BCUT2D eigenvalue weighted by Gasteiger charge is 2.25. The first-order chi connectivity index (χ1) is 14.6. The maximum absolute atomic E-state index is 12.2. The summed E-state index contributed by atoms with van der Waals surface area (Å²) in [5.41, 5.74) is 0.514. The molecule has 0 spiro atoms. The van der Waals surface area contributed by atoms with E-state index in [2.05, 4.69) is 20.4 Å². The van der Waals surface area contributed by atoms with E-state index in [1.54, 1.807) is 19.2 Å². The van der Waals surface area contributed by atoms with Crippen LogP contribution in [0.25, 0.3) is 0 Å². The van der Waals surface area contributed by atoms with Gasteiger partial charge in [-0.15, -0.1) is 0 Å². The molecule has 2 fully saturated rings. The number of benzene rings is 1. The zero-order valence-electron chi connectivity index (χ0n) is 18.2. The fraction of sp³-hybridized carbons (Fsp3) is 0.682. The lowest BCUT2D eigenvalue weighted by atomic mass is 10.00. The molecular weight excluding hydrogens is 404 g/mol. The van der Waals surface area contributed by atoms with Crippen LogP contribution in [0.15, 0.2) is 12.1 Å². The third kappa shape index (κ3) is 6.40. The van der Waals surface area contributed by atoms with Gasteiger partial charge in [-0.1, -0.05) is 18.0 Å². The Balaban J connectivity index is 1.34. The summed E-state index contributed by atoms with van der Waals surface area (Å²) in [5.74, 6) is 1.01. The quantitative estimate of drug-likeness (QED) is 0.604. The third-order valence-corrected chi connectivity index (χ3v) is 6.42. The van der Waals surface area contributed by atoms with Gasteiger partial charge in [-0.2, -0.15) is 0 Å². The van der Waals surface area contributed by atoms with Crippen LogP contribution in [0.5, 0.6) is 11.5 Å². The standard InChI is InChI=1S/C22H35ClN4O3/c1-29-20-16-21(30-2)19(15-18(20)23)25-22(28)24-9-6-10-26-13-7-17(8-14-26)27-11-4-3-5-12-27/h15-17H,3-14H2,1-2H3,(H2,24,25,28). The van der Waals surface area contributed by atoms with Crippen molar-refractivity contribution in [2.45, 2.75) is 44.6 Å². The molecule has 0 aliphatic carbocycles. The van der Waals surface area contributed by atoms with Gasteiger partial charge in [0.1, 0.15) is 11.5 Å². The molecule has 0 radical (unpaired) electrons. The smallest absolute Gasteiger partial charge is 0.319 e. The summed E-state index contributed by atoms with van der Waals surface area (Å²) in [7, 11) is 3.08. The Labute approximate surface area is 185 Å². The van der Waals surface area contributed by atoms with Gasteiger partial charge in [0.05, 0.1) is 24.9 Å². The number of halogens is 1. The Morgan fingerprint density at radius 1 is 1.07 bits per heavy atom. The van der Waals surface area contributed by atoms with Gasteiger partial charge < -0.3 is 29.9 Å². The van der Waals surface area contributed by atoms with Gasteiger partial charge in [0.2, 0.25) is 0 Å². The zero-order chi connectivity index (χ0) is 21.3. The molecule has 3 rings (SSSR count). The van der Waals surface area contributed by atoms with E-state index in [9.17, 15) is 4.79 Å². The van der Waals surface area contributed by atoms with Crippen molar-refractivity contribution in [3.8, 4) is 11.5 Å². The number of hydrogen-bond donors (Lipinski definition) is 2. The van der Waals surface area contributed by atoms with Crippen LogP contribution in [-0.4, -0.2) is 75.4 Å². The zero-order valence-corrected chi connectivity index (χ0v) is 19.0. The van der Waals surface area contributed by atoms with Crippen molar-refractivity contribution >= 4 is 23.3 Å². The number of anilines is 1. The minimum Gasteiger partial charge on any atom is -0.495 e. The van der Waals surface area contributed by atoms with E-state index in [-0.39, 0.29) is 6.03 Å². The van der Waals surface area contributed by atoms with Crippen LogP contribution in [0.4, 0.5) is 10.5 Å². The van der Waals surface area contributed by atoms with Gasteiger partial charge in [0.15, 0.2) is 0 Å². The van der Waals surface area contributed by atoms with Gasteiger partial charge in [-0.25, -0.2) is 4.79 Å². The van der Waals surface area contributed by atoms with Gasteiger partial charge >= 0.3 is 6.03 Å². The summed E-state index contributed by atoms with van der Waals surface area (Å²) in [5, 5.41) is 6.13. The van der Waals surface area contributed by atoms with E-state index in [1.165, 1.54) is 52.3 Å². The van der Waals surface area contributed by atoms with Gasteiger partial charge in [0, 0.05) is 18.7 Å². The summed E-state index contributed by atoms with van der Waals surface area (Å²) in [6.07, 6.45) is 7.60. The molecule has 0 aromatic heterocycles. The first-order valence-electron chi connectivity index (χ1n) is 11.0. The van der Waals surface area contributed by atoms with E-state index < -0.39 is 0 Å². The van der Waals surface area contributed by atoms with Crippen LogP contribution < -0.4 is 20.1 Å². The molecule has 7 nitrogen and oxygen atoms in total. The topological polar surface area (TPSA) is 66.1 Å². The number of carbonyl (C=O) groups excluding carboxylic acids is 1. The van der Waals surface area contributed by atoms with Crippen molar-refractivity contribution in [1.29, 1.82) is 0 Å². The maximum Gasteiger partial charge on any atom is 0.319 e. The number of amides is 2. The Hall–Kier alpha value is -1.70. The molecule has 0 unspecified atom stereocenters. The predicted molar refractivity (Wildman–Crippen MR) is 121 cm³/mol. The molecule has 30 heavy (non-hydrogen) atoms. The molecule has 2 amide bonds. The third-order valence-electron chi connectivity index (χ3n) is 6.12. The highest BCUT2D eigenvalue weighted by Crippen LogP contribution is 2.35. The summed E-state index contributed by atoms with van der Waals surface area (Å²) in [4.78, 5) is 17.5. The lowest BCUT2D eigenvalue weighted by molar-refractivity contribution is 0.0922. The normalized spacial score (nSPS) is 18.8. The van der Waals surface area contributed by atoms with Crippen LogP contribution in [0.1, 0.15) is 38.5 Å². The number of ether oxygens (including phenoxy) is 2. The first kappa shape index (κ1) is 23.0. The summed E-state index contributed by atoms with van der Waals surface area (Å²) in [6.45, 7) is 6.54. The van der Waals surface area contributed by atoms with Crippen molar-refractivity contribution < 1.29 is 14.3 Å². The Kier molecular flexibility index (Phi) is 8.90. The molecule has 0 bridgehead atoms. The SMILES string of the molecule is COc1cc(OC)c(NC(=O)NCCCN2CCC(N3CCCCC3)CC2)cc1Cl. The number of likely N-dealkylation sites (tertiary alicyclic amines) is 2. The maximum atomic E-state index is 12.2. The van der Waals surface area contributed by atoms with Gasteiger partial charge in [-0.05, 0) is 70.9 Å². The minimum atomic E-state index is -0.265. The van der Waals surface area contributed by atoms with Crippen LogP contribution in [-0.2, 0) is 0 Å². The number of nitrogens with one attached hydrogen (secondary N) is 2. The predicted octanol–water partition coefficient (Wildman–Crippen LogP) is 3.82. The second-order valence-electron chi connectivity index (χ2n) is 8.09. The fourth-order valence-electron chi connectivity index (χ4n) is 4.42. The van der Waals surface area contributed by atoms with Crippen molar-refractivity contribution in [2.24, 2.45) is 0 Å². The largest absolute Gasteiger partial charge is 0.495 e. The lowest BCUT2D eigenvalue weighted by Gasteiger charge is -2.40. The number of carbonyl (C=O) groups is 1. The molecular formula is C22H35ClN4O3. The fourth-order valence-corrected chi connectivity index (χ4v) is 4.66. The number of nitrogens with zero attached hydrogens (tertiary/aromatic N) is 2. The van der Waals surface area contributed by atoms with E-state index >= 15 is 0 Å². The molecule has 8 heteroatoms. The molecule has 0 saturated carbocycles. The first-order valence-corrected chi connectivity index (χ1v) is 11.4. The molecule has 2 heterocycles. The number of hydrogen-bond acceptors (Lipinski definition) is 5. The van der Waals surface area contributed by atoms with Crippen molar-refractivity contribution in [1.82, 2.24) is 15.1 Å². The van der Waals surface area contributed by atoms with Gasteiger partial charge in [0.25, 0.3) is 0 Å². The number of piperidine rings is 2. The lowest BCUT2D eigenvalue weighted by Crippen LogP contribution is -2.47. The molecule has 1 aromatic carbocycles. The van der Waals surface area contributed by atoms with Crippen LogP contribution >= 0.6 is 11.6 Å². The van der Waals surface area contributed by atoms with Crippen molar-refractivity contribution in [3.05, 3.63) is 17.2 Å². The molecule has 2 aliphatic rings. The second-order valence-corrected chi connectivity index (χ2v) is 8.50. The molecule has 2 N–H and O–H groups in total. The average molecular weight is 439 g/mol. The van der Waals surface area contributed by atoms with Crippen molar-refractivity contribution in [2.75, 3.05) is 58.8 Å². The minimum absolute atomic E-state index is 0.265. The van der Waals surface area contributed by atoms with E-state index in [0.29, 0.717) is 28.8 Å². The van der Waals surface area contributed by atoms with Crippen molar-refractivity contribution in [3.63, 3.8) is 0 Å². The Bertz CT molecular complexity index is 689. The van der Waals surface area contributed by atoms with Crippen LogP contribution in [0.3, 0.4) is 0 Å². The Morgan fingerprint density at radius 2 is 1.77 bits per heavy atom. The summed E-state index contributed by atoms with van der Waals surface area (Å²) in [6, 6.07) is 3.80. The highest BCUT2D eigenvalue weighted by atomic mass is 35.5. The average Bonchev–Trinajstić information content (AvgIpc) is 2.78. The summed E-state index contributed by atoms with van der Waals surface area (Å²) < 4.78 is 10.5. The molecule has 2 aliphatic heterocycles. The Morgan fingerprint density at radius 3 is 2.43 bits per heavy atom. The highest BCUT2D eigenvalue weighted by molar-refractivity contribution is 6.32. The number of urea groups is 1. The van der Waals surface area contributed by atoms with E-state index in [4.69, 9.17) is 21.1 Å². The number of rotatable bonds is 8.